The quantitative estimate of drug-likeness (QED) is 0.232. The van der Waals surface area contributed by atoms with E-state index in [0.717, 1.165) is 0 Å². The summed E-state index contributed by atoms with van der Waals surface area (Å²) in [5.41, 5.74) is -1.47. The van der Waals surface area contributed by atoms with E-state index >= 15 is 0 Å². The van der Waals surface area contributed by atoms with Crippen LogP contribution in [-0.2, 0) is 9.59 Å². The van der Waals surface area contributed by atoms with Crippen LogP contribution in [0.5, 0.6) is 0 Å². The van der Waals surface area contributed by atoms with E-state index in [1.54, 1.807) is 0 Å². The first-order valence-corrected chi connectivity index (χ1v) is 7.21. The minimum atomic E-state index is -2.72. The molecule has 0 spiro atoms. The van der Waals surface area contributed by atoms with Gasteiger partial charge in [-0.05, 0) is 0 Å². The molecule has 0 bridgehead atoms. The predicted molar refractivity (Wildman–Crippen MR) is 54.3 cm³/mol. The minimum absolute atomic E-state index is 0.378. The summed E-state index contributed by atoms with van der Waals surface area (Å²) >= 11 is 0. The van der Waals surface area contributed by atoms with Gasteiger partial charge in [0.15, 0.2) is 5.41 Å². The SMILES string of the molecule is O=C1C(=O)[SiH](N[SiH3])C(O)C(O)C(O)C1O. The van der Waals surface area contributed by atoms with Gasteiger partial charge in [-0.1, -0.05) is 0 Å². The first-order valence-electron chi connectivity index (χ1n) is 4.39. The van der Waals surface area contributed by atoms with Crippen LogP contribution in [0, 0.1) is 0 Å². The number of hydrogen-bond donors (Lipinski definition) is 5. The molecule has 5 N–H and O–H groups in total. The summed E-state index contributed by atoms with van der Waals surface area (Å²) in [5, 5.41) is 36.5. The molecule has 0 saturated carbocycles. The Hall–Kier alpha value is -0.426. The maximum absolute atomic E-state index is 11.4. The van der Waals surface area contributed by atoms with Gasteiger partial charge < -0.3 is 25.1 Å². The van der Waals surface area contributed by atoms with Gasteiger partial charge in [0.05, 0.1) is 16.1 Å². The molecule has 0 aromatic heterocycles. The molecule has 0 aromatic carbocycles. The van der Waals surface area contributed by atoms with E-state index in [1.165, 1.54) is 0 Å². The Balaban J connectivity index is 3.07. The summed E-state index contributed by atoms with van der Waals surface area (Å²) in [7, 11) is -2.34. The van der Waals surface area contributed by atoms with Crippen molar-refractivity contribution >= 4 is 30.6 Å². The lowest BCUT2D eigenvalue weighted by Gasteiger charge is -2.23. The van der Waals surface area contributed by atoms with Gasteiger partial charge in [-0.15, -0.1) is 0 Å². The zero-order chi connectivity index (χ0) is 11.7. The monoisotopic (exact) mass is 251 g/mol. The molecular formula is C6H13NO6Si2. The van der Waals surface area contributed by atoms with Gasteiger partial charge >= 0.3 is 0 Å². The highest BCUT2D eigenvalue weighted by atomic mass is 28.3. The van der Waals surface area contributed by atoms with Gasteiger partial charge in [-0.3, -0.25) is 9.59 Å². The average Bonchev–Trinajstić information content (AvgIpc) is 2.28. The van der Waals surface area contributed by atoms with Crippen LogP contribution < -0.4 is 4.65 Å². The molecule has 0 aromatic rings. The molecule has 15 heavy (non-hydrogen) atoms. The van der Waals surface area contributed by atoms with Gasteiger partial charge in [0, 0.05) is 0 Å². The third kappa shape index (κ3) is 2.08. The Morgan fingerprint density at radius 2 is 1.67 bits per heavy atom. The maximum atomic E-state index is 11.4. The Morgan fingerprint density at radius 1 is 1.13 bits per heavy atom. The van der Waals surface area contributed by atoms with Crippen molar-refractivity contribution in [3.05, 3.63) is 0 Å². The van der Waals surface area contributed by atoms with Crippen LogP contribution in [0.3, 0.4) is 0 Å². The summed E-state index contributed by atoms with van der Waals surface area (Å²) < 4.78 is 2.62. The van der Waals surface area contributed by atoms with Crippen molar-refractivity contribution in [1.29, 1.82) is 0 Å². The minimum Gasteiger partial charge on any atom is -0.392 e. The third-order valence-electron chi connectivity index (χ3n) is 2.47. The van der Waals surface area contributed by atoms with Crippen LogP contribution in [0.25, 0.3) is 0 Å². The fourth-order valence-electron chi connectivity index (χ4n) is 1.50. The van der Waals surface area contributed by atoms with Gasteiger partial charge in [0.25, 0.3) is 0 Å². The second-order valence-electron chi connectivity index (χ2n) is 3.41. The summed E-state index contributed by atoms with van der Waals surface area (Å²) in [6.45, 7) is 0. The number of carbonyl (C=O) groups excluding carboxylic acids is 2. The van der Waals surface area contributed by atoms with Gasteiger partial charge in [0.2, 0.25) is 14.7 Å². The zero-order valence-electron chi connectivity index (χ0n) is 7.99. The van der Waals surface area contributed by atoms with E-state index in [9.17, 15) is 30.0 Å². The number of aliphatic hydroxyl groups is 4. The normalized spacial score (nSPS) is 43.1. The lowest BCUT2D eigenvalue weighted by molar-refractivity contribution is -0.145. The van der Waals surface area contributed by atoms with Crippen LogP contribution in [0.2, 0.25) is 0 Å². The molecule has 5 unspecified atom stereocenters. The lowest BCUT2D eigenvalue weighted by atomic mass is 10.1. The third-order valence-corrected chi connectivity index (χ3v) is 6.88. The van der Waals surface area contributed by atoms with E-state index in [-0.39, 0.29) is 0 Å². The predicted octanol–water partition coefficient (Wildman–Crippen LogP) is -5.75. The smallest absolute Gasteiger partial charge is 0.225 e. The van der Waals surface area contributed by atoms with Crippen LogP contribution in [0.1, 0.15) is 0 Å². The number of hydrogen-bond acceptors (Lipinski definition) is 7. The molecule has 0 radical (unpaired) electrons. The number of rotatable bonds is 1. The molecule has 1 fully saturated rings. The van der Waals surface area contributed by atoms with Crippen LogP contribution >= 0.6 is 0 Å². The maximum Gasteiger partial charge on any atom is 0.225 e. The molecule has 0 amide bonds. The molecule has 5 atom stereocenters. The van der Waals surface area contributed by atoms with Crippen molar-refractivity contribution in [2.45, 2.75) is 24.0 Å². The summed E-state index contributed by atoms with van der Waals surface area (Å²) in [6, 6.07) is 0. The number of aliphatic hydroxyl groups excluding tert-OH is 4. The number of Topliss-reactive ketones (excluding diaryl/α,β-unsaturated/α-hetero) is 1. The zero-order valence-corrected chi connectivity index (χ0v) is 11.1. The number of nitrogens with one attached hydrogen (secondary N) is 1. The number of carbonyl (C=O) groups is 2. The molecule has 0 aliphatic carbocycles. The highest BCUT2D eigenvalue weighted by Gasteiger charge is 2.48. The highest BCUT2D eigenvalue weighted by molar-refractivity contribution is 7.02. The molecule has 1 aliphatic rings. The first-order chi connectivity index (χ1) is 6.91. The lowest BCUT2D eigenvalue weighted by Crippen LogP contribution is -2.56. The van der Waals surface area contributed by atoms with Crippen molar-refractivity contribution in [2.75, 3.05) is 0 Å². The molecule has 9 heteroatoms. The van der Waals surface area contributed by atoms with Gasteiger partial charge in [-0.2, -0.15) is 0 Å². The molecule has 7 nitrogen and oxygen atoms in total. The van der Waals surface area contributed by atoms with E-state index in [1.807, 2.05) is 0 Å². The molecule has 1 aliphatic heterocycles. The second kappa shape index (κ2) is 4.61. The summed E-state index contributed by atoms with van der Waals surface area (Å²) in [4.78, 5) is 22.7. The van der Waals surface area contributed by atoms with Crippen molar-refractivity contribution < 1.29 is 30.0 Å². The molecule has 1 heterocycles. The van der Waals surface area contributed by atoms with E-state index < -0.39 is 44.2 Å². The topological polar surface area (TPSA) is 127 Å². The van der Waals surface area contributed by atoms with Crippen molar-refractivity contribution in [3.8, 4) is 0 Å². The number of ketones is 1. The van der Waals surface area contributed by atoms with Crippen LogP contribution in [0.15, 0.2) is 0 Å². The first kappa shape index (κ1) is 12.6. The Morgan fingerprint density at radius 3 is 2.13 bits per heavy atom. The fraction of sp³-hybridized carbons (Fsp3) is 0.667. The van der Waals surface area contributed by atoms with E-state index in [0.29, 0.717) is 10.4 Å². The molecule has 1 rings (SSSR count). The van der Waals surface area contributed by atoms with Crippen LogP contribution in [-0.4, -0.2) is 75.0 Å². The Bertz CT molecular complexity index is 287. The Kier molecular flexibility index (Phi) is 3.89. The summed E-state index contributed by atoms with van der Waals surface area (Å²) in [5.74, 6) is -1.14. The van der Waals surface area contributed by atoms with Crippen molar-refractivity contribution in [3.63, 3.8) is 0 Å². The summed E-state index contributed by atoms with van der Waals surface area (Å²) in [6.07, 6.45) is -5.44. The molecule has 1 saturated heterocycles. The van der Waals surface area contributed by atoms with E-state index in [2.05, 4.69) is 4.65 Å². The van der Waals surface area contributed by atoms with Gasteiger partial charge in [0.1, 0.15) is 18.3 Å². The molecule has 86 valence electrons. The fourth-order valence-corrected chi connectivity index (χ4v) is 5.32. The van der Waals surface area contributed by atoms with E-state index in [4.69, 9.17) is 0 Å². The highest BCUT2D eigenvalue weighted by Crippen LogP contribution is 2.13. The molecular weight excluding hydrogens is 238 g/mol. The standard InChI is InChI=1S/C6H13NO6Si2/c8-1-2(9)4(11)6(13)15(7-14)5(12)3(1)10/h1-3,5,7-10,12,15H,14H3. The largest absolute Gasteiger partial charge is 0.392 e. The van der Waals surface area contributed by atoms with Crippen molar-refractivity contribution in [2.24, 2.45) is 0 Å². The average molecular weight is 251 g/mol. The van der Waals surface area contributed by atoms with Crippen molar-refractivity contribution in [1.82, 2.24) is 4.65 Å². The Labute approximate surface area is 89.9 Å². The van der Waals surface area contributed by atoms with Crippen LogP contribution in [0.4, 0.5) is 0 Å². The van der Waals surface area contributed by atoms with Gasteiger partial charge in [-0.25, -0.2) is 0 Å². The second-order valence-corrected chi connectivity index (χ2v) is 7.88.